The van der Waals surface area contributed by atoms with E-state index in [9.17, 15) is 10.1 Å². The molecular formula is C12H15ClN2O3. The maximum absolute atomic E-state index is 10.9. The molecule has 0 aromatic heterocycles. The van der Waals surface area contributed by atoms with Crippen LogP contribution in [0.3, 0.4) is 0 Å². The summed E-state index contributed by atoms with van der Waals surface area (Å²) in [7, 11) is 0. The number of aliphatic hydroxyl groups excluding tert-OH is 1. The van der Waals surface area contributed by atoms with Crippen molar-refractivity contribution in [3.8, 4) is 0 Å². The summed E-state index contributed by atoms with van der Waals surface area (Å²) in [5, 5.41) is 23.1. The van der Waals surface area contributed by atoms with Crippen LogP contribution in [0.2, 0.25) is 5.02 Å². The van der Waals surface area contributed by atoms with Crippen molar-refractivity contribution in [1.29, 1.82) is 0 Å². The Labute approximate surface area is 110 Å². The van der Waals surface area contributed by atoms with Gasteiger partial charge in [0.15, 0.2) is 0 Å². The van der Waals surface area contributed by atoms with Crippen molar-refractivity contribution in [3.63, 3.8) is 0 Å². The molecule has 1 aliphatic rings. The van der Waals surface area contributed by atoms with E-state index in [0.717, 1.165) is 19.3 Å². The van der Waals surface area contributed by atoms with Crippen LogP contribution >= 0.6 is 11.6 Å². The van der Waals surface area contributed by atoms with Crippen molar-refractivity contribution in [3.05, 3.63) is 33.3 Å². The molecule has 1 aromatic carbocycles. The number of anilines is 1. The van der Waals surface area contributed by atoms with Gasteiger partial charge in [0.05, 0.1) is 4.92 Å². The Kier molecular flexibility index (Phi) is 3.73. The minimum Gasteiger partial charge on any atom is -0.396 e. The van der Waals surface area contributed by atoms with Gasteiger partial charge < -0.3 is 10.4 Å². The number of nitro groups is 1. The fourth-order valence-corrected chi connectivity index (χ4v) is 2.30. The lowest BCUT2D eigenvalue weighted by Crippen LogP contribution is -2.17. The maximum Gasteiger partial charge on any atom is 0.310 e. The Morgan fingerprint density at radius 3 is 2.78 bits per heavy atom. The monoisotopic (exact) mass is 270 g/mol. The normalized spacial score (nSPS) is 16.3. The lowest BCUT2D eigenvalue weighted by molar-refractivity contribution is -0.383. The van der Waals surface area contributed by atoms with Crippen molar-refractivity contribution in [1.82, 2.24) is 0 Å². The highest BCUT2D eigenvalue weighted by Crippen LogP contribution is 2.49. The molecule has 0 radical (unpaired) electrons. The van der Waals surface area contributed by atoms with E-state index in [2.05, 4.69) is 5.32 Å². The second-order valence-electron chi connectivity index (χ2n) is 4.72. The summed E-state index contributed by atoms with van der Waals surface area (Å²) < 4.78 is 0. The van der Waals surface area contributed by atoms with Crippen LogP contribution in [0.5, 0.6) is 0 Å². The number of nitro benzene ring substituents is 1. The Morgan fingerprint density at radius 1 is 1.50 bits per heavy atom. The number of halogens is 1. The van der Waals surface area contributed by atoms with Gasteiger partial charge in [-0.3, -0.25) is 10.1 Å². The number of hydrogen-bond donors (Lipinski definition) is 2. The third-order valence-electron chi connectivity index (χ3n) is 3.42. The molecule has 1 fully saturated rings. The molecule has 0 heterocycles. The predicted molar refractivity (Wildman–Crippen MR) is 70.0 cm³/mol. The molecule has 0 amide bonds. The summed E-state index contributed by atoms with van der Waals surface area (Å²) in [6, 6.07) is 4.84. The van der Waals surface area contributed by atoms with E-state index >= 15 is 0 Å². The average molecular weight is 271 g/mol. The van der Waals surface area contributed by atoms with Gasteiger partial charge in [-0.15, -0.1) is 0 Å². The molecule has 5 nitrogen and oxygen atoms in total. The average Bonchev–Trinajstić information content (AvgIpc) is 3.07. The van der Waals surface area contributed by atoms with E-state index in [1.165, 1.54) is 6.07 Å². The first-order valence-corrected chi connectivity index (χ1v) is 6.23. The molecule has 1 aliphatic carbocycles. The Morgan fingerprint density at radius 2 is 2.22 bits per heavy atom. The highest BCUT2D eigenvalue weighted by atomic mass is 35.5. The van der Waals surface area contributed by atoms with Crippen molar-refractivity contribution in [2.45, 2.75) is 19.3 Å². The van der Waals surface area contributed by atoms with Crippen LogP contribution in [-0.2, 0) is 0 Å². The summed E-state index contributed by atoms with van der Waals surface area (Å²) in [6.45, 7) is 0.786. The third kappa shape index (κ3) is 2.73. The lowest BCUT2D eigenvalue weighted by Gasteiger charge is -2.15. The molecule has 1 aromatic rings. The van der Waals surface area contributed by atoms with Crippen molar-refractivity contribution in [2.75, 3.05) is 18.5 Å². The van der Waals surface area contributed by atoms with Gasteiger partial charge in [0, 0.05) is 13.2 Å². The van der Waals surface area contributed by atoms with E-state index in [-0.39, 0.29) is 22.7 Å². The smallest absolute Gasteiger partial charge is 0.310 e. The van der Waals surface area contributed by atoms with Crippen LogP contribution in [0, 0.1) is 15.5 Å². The van der Waals surface area contributed by atoms with Gasteiger partial charge in [-0.05, 0) is 36.8 Å². The number of para-hydroxylation sites is 1. The Hall–Kier alpha value is -1.33. The van der Waals surface area contributed by atoms with Crippen molar-refractivity contribution < 1.29 is 10.0 Å². The van der Waals surface area contributed by atoms with Crippen LogP contribution in [0.4, 0.5) is 11.4 Å². The molecule has 98 valence electrons. The summed E-state index contributed by atoms with van der Waals surface area (Å²) >= 11 is 5.83. The fourth-order valence-electron chi connectivity index (χ4n) is 2.06. The third-order valence-corrected chi connectivity index (χ3v) is 3.73. The molecule has 6 heteroatoms. The van der Waals surface area contributed by atoms with Crippen molar-refractivity contribution >= 4 is 23.0 Å². The molecule has 1 saturated carbocycles. The van der Waals surface area contributed by atoms with E-state index < -0.39 is 4.92 Å². The lowest BCUT2D eigenvalue weighted by atomic mass is 10.0. The first-order valence-electron chi connectivity index (χ1n) is 5.86. The van der Waals surface area contributed by atoms with Gasteiger partial charge in [-0.1, -0.05) is 17.7 Å². The molecule has 0 bridgehead atoms. The van der Waals surface area contributed by atoms with Crippen LogP contribution in [-0.4, -0.2) is 23.2 Å². The number of aliphatic hydroxyl groups is 1. The van der Waals surface area contributed by atoms with E-state index in [1.807, 2.05) is 0 Å². The maximum atomic E-state index is 10.9. The minimum absolute atomic E-state index is 0.0843. The van der Waals surface area contributed by atoms with Crippen molar-refractivity contribution in [2.24, 2.45) is 5.41 Å². The van der Waals surface area contributed by atoms with Gasteiger partial charge in [0.2, 0.25) is 0 Å². The van der Waals surface area contributed by atoms with Gasteiger partial charge in [-0.2, -0.15) is 0 Å². The van der Waals surface area contributed by atoms with Crippen LogP contribution < -0.4 is 5.32 Å². The van der Waals surface area contributed by atoms with Gasteiger partial charge in [0.25, 0.3) is 0 Å². The largest absolute Gasteiger partial charge is 0.396 e. The molecule has 0 saturated heterocycles. The number of nitrogens with one attached hydrogen (secondary N) is 1. The van der Waals surface area contributed by atoms with Crippen LogP contribution in [0.25, 0.3) is 0 Å². The van der Waals surface area contributed by atoms with E-state index in [1.54, 1.807) is 12.1 Å². The quantitative estimate of drug-likeness (QED) is 0.616. The van der Waals surface area contributed by atoms with Gasteiger partial charge in [-0.25, -0.2) is 0 Å². The van der Waals surface area contributed by atoms with Crippen LogP contribution in [0.1, 0.15) is 19.3 Å². The Bertz CT molecular complexity index is 461. The molecule has 2 N–H and O–H groups in total. The predicted octanol–water partition coefficient (Wildman–Crippen LogP) is 2.82. The molecule has 0 atom stereocenters. The van der Waals surface area contributed by atoms with E-state index in [4.69, 9.17) is 16.7 Å². The van der Waals surface area contributed by atoms with Crippen LogP contribution in [0.15, 0.2) is 18.2 Å². The second-order valence-corrected chi connectivity index (χ2v) is 5.13. The standard InChI is InChI=1S/C12H15ClN2O3/c13-9-2-1-3-10(11(9)15(17)18)14-8-12(4-5-12)6-7-16/h1-3,14,16H,4-8H2. The number of hydrogen-bond acceptors (Lipinski definition) is 4. The first kappa shape index (κ1) is 13.1. The zero-order chi connectivity index (χ0) is 13.2. The number of benzene rings is 1. The number of rotatable bonds is 6. The molecule has 0 unspecified atom stereocenters. The zero-order valence-electron chi connectivity index (χ0n) is 9.86. The van der Waals surface area contributed by atoms with Gasteiger partial charge >= 0.3 is 5.69 Å². The second kappa shape index (κ2) is 5.12. The summed E-state index contributed by atoms with van der Waals surface area (Å²) in [5.74, 6) is 0. The minimum atomic E-state index is -0.476. The Balaban J connectivity index is 2.10. The topological polar surface area (TPSA) is 75.4 Å². The summed E-state index contributed by atoms with van der Waals surface area (Å²) in [4.78, 5) is 10.5. The molecule has 2 rings (SSSR count). The highest BCUT2D eigenvalue weighted by Gasteiger charge is 2.41. The zero-order valence-corrected chi connectivity index (χ0v) is 10.6. The summed E-state index contributed by atoms with van der Waals surface area (Å²) in [6.07, 6.45) is 2.83. The van der Waals surface area contributed by atoms with E-state index in [0.29, 0.717) is 12.2 Å². The summed E-state index contributed by atoms with van der Waals surface area (Å²) in [5.41, 5.74) is 0.459. The number of nitrogens with zero attached hydrogens (tertiary/aromatic N) is 1. The van der Waals surface area contributed by atoms with Gasteiger partial charge in [0.1, 0.15) is 10.7 Å². The SMILES string of the molecule is O=[N+]([O-])c1c(Cl)cccc1NCC1(CCO)CC1. The first-order chi connectivity index (χ1) is 8.58. The highest BCUT2D eigenvalue weighted by molar-refractivity contribution is 6.33. The molecule has 18 heavy (non-hydrogen) atoms. The molecule has 0 aliphatic heterocycles. The molecular weight excluding hydrogens is 256 g/mol. The molecule has 0 spiro atoms. The fraction of sp³-hybridized carbons (Fsp3) is 0.500.